The minimum absolute atomic E-state index is 0.0301. The lowest BCUT2D eigenvalue weighted by atomic mass is 10.2. The molecule has 1 aromatic carbocycles. The lowest BCUT2D eigenvalue weighted by molar-refractivity contribution is 0.0946. The standard InChI is InChI=1S/C14H15F2N3OS/c1-2-11(17)14-19-12(7-21-14)13(20)18-6-8-3-4-9(15)5-10(8)16/h3-5,7,11H,2,6,17H2,1H3,(H,18,20). The van der Waals surface area contributed by atoms with Crippen molar-refractivity contribution in [2.45, 2.75) is 25.9 Å². The summed E-state index contributed by atoms with van der Waals surface area (Å²) in [7, 11) is 0. The molecule has 0 radical (unpaired) electrons. The van der Waals surface area contributed by atoms with Crippen LogP contribution in [-0.4, -0.2) is 10.9 Å². The third kappa shape index (κ3) is 3.83. The molecular weight excluding hydrogens is 296 g/mol. The average molecular weight is 311 g/mol. The predicted octanol–water partition coefficient (Wildman–Crippen LogP) is 2.76. The lowest BCUT2D eigenvalue weighted by Gasteiger charge is -2.05. The Balaban J connectivity index is 2.00. The zero-order valence-electron chi connectivity index (χ0n) is 11.4. The van der Waals surface area contributed by atoms with Crippen molar-refractivity contribution in [3.05, 3.63) is 51.5 Å². The highest BCUT2D eigenvalue weighted by molar-refractivity contribution is 7.09. The number of amides is 1. The zero-order valence-corrected chi connectivity index (χ0v) is 12.2. The third-order valence-corrected chi connectivity index (χ3v) is 3.94. The van der Waals surface area contributed by atoms with Gasteiger partial charge >= 0.3 is 0 Å². The van der Waals surface area contributed by atoms with E-state index in [-0.39, 0.29) is 23.8 Å². The maximum Gasteiger partial charge on any atom is 0.271 e. The smallest absolute Gasteiger partial charge is 0.271 e. The third-order valence-electron chi connectivity index (χ3n) is 2.97. The fraction of sp³-hybridized carbons (Fsp3) is 0.286. The molecule has 7 heteroatoms. The van der Waals surface area contributed by atoms with E-state index in [2.05, 4.69) is 10.3 Å². The van der Waals surface area contributed by atoms with Crippen LogP contribution >= 0.6 is 11.3 Å². The minimum atomic E-state index is -0.692. The van der Waals surface area contributed by atoms with Crippen molar-refractivity contribution in [1.29, 1.82) is 0 Å². The van der Waals surface area contributed by atoms with E-state index in [1.807, 2.05) is 6.92 Å². The number of hydrogen-bond donors (Lipinski definition) is 2. The molecule has 0 spiro atoms. The molecule has 2 rings (SSSR count). The van der Waals surface area contributed by atoms with Crippen LogP contribution in [0.4, 0.5) is 8.78 Å². The molecule has 2 aromatic rings. The van der Waals surface area contributed by atoms with Crippen molar-refractivity contribution in [1.82, 2.24) is 10.3 Å². The van der Waals surface area contributed by atoms with Gasteiger partial charge in [-0.1, -0.05) is 13.0 Å². The quantitative estimate of drug-likeness (QED) is 0.892. The molecule has 0 saturated heterocycles. The molecule has 0 aliphatic rings. The molecule has 21 heavy (non-hydrogen) atoms. The molecule has 0 saturated carbocycles. The number of nitrogens with one attached hydrogen (secondary N) is 1. The second-order valence-corrected chi connectivity index (χ2v) is 5.39. The van der Waals surface area contributed by atoms with E-state index in [0.717, 1.165) is 18.6 Å². The molecule has 0 bridgehead atoms. The van der Waals surface area contributed by atoms with Crippen molar-refractivity contribution in [2.75, 3.05) is 0 Å². The molecule has 0 aliphatic heterocycles. The average Bonchev–Trinajstić information content (AvgIpc) is 2.95. The van der Waals surface area contributed by atoms with Gasteiger partial charge in [-0.25, -0.2) is 13.8 Å². The number of nitrogens with two attached hydrogens (primary N) is 1. The van der Waals surface area contributed by atoms with E-state index >= 15 is 0 Å². The number of thiazole rings is 1. The number of rotatable bonds is 5. The summed E-state index contributed by atoms with van der Waals surface area (Å²) in [5.41, 5.74) is 6.30. The Morgan fingerprint density at radius 3 is 2.90 bits per heavy atom. The van der Waals surface area contributed by atoms with Crippen LogP contribution in [0.2, 0.25) is 0 Å². The van der Waals surface area contributed by atoms with Gasteiger partial charge in [-0.3, -0.25) is 4.79 Å². The first kappa shape index (κ1) is 15.5. The van der Waals surface area contributed by atoms with Crippen LogP contribution in [0.5, 0.6) is 0 Å². The second-order valence-electron chi connectivity index (χ2n) is 4.50. The van der Waals surface area contributed by atoms with Gasteiger partial charge in [0.1, 0.15) is 22.3 Å². The van der Waals surface area contributed by atoms with Crippen molar-refractivity contribution in [2.24, 2.45) is 5.73 Å². The van der Waals surface area contributed by atoms with Crippen LogP contribution in [0.1, 0.15) is 40.4 Å². The van der Waals surface area contributed by atoms with Crippen LogP contribution in [0.15, 0.2) is 23.6 Å². The molecule has 0 fully saturated rings. The first-order valence-corrected chi connectivity index (χ1v) is 7.32. The van der Waals surface area contributed by atoms with E-state index in [9.17, 15) is 13.6 Å². The van der Waals surface area contributed by atoms with E-state index in [1.165, 1.54) is 17.4 Å². The van der Waals surface area contributed by atoms with E-state index in [4.69, 9.17) is 5.73 Å². The van der Waals surface area contributed by atoms with Gasteiger partial charge in [-0.2, -0.15) is 0 Å². The zero-order chi connectivity index (χ0) is 15.4. The number of benzene rings is 1. The summed E-state index contributed by atoms with van der Waals surface area (Å²) in [5.74, 6) is -1.76. The summed E-state index contributed by atoms with van der Waals surface area (Å²) < 4.78 is 26.2. The number of carbonyl (C=O) groups excluding carboxylic acids is 1. The fourth-order valence-electron chi connectivity index (χ4n) is 1.67. The Labute approximate surface area is 125 Å². The van der Waals surface area contributed by atoms with Crippen molar-refractivity contribution in [3.8, 4) is 0 Å². The Morgan fingerprint density at radius 2 is 2.24 bits per heavy atom. The lowest BCUT2D eigenvalue weighted by Crippen LogP contribution is -2.24. The summed E-state index contributed by atoms with van der Waals surface area (Å²) in [4.78, 5) is 16.1. The normalized spacial score (nSPS) is 12.2. The highest BCUT2D eigenvalue weighted by Gasteiger charge is 2.14. The number of hydrogen-bond acceptors (Lipinski definition) is 4. The van der Waals surface area contributed by atoms with E-state index < -0.39 is 17.5 Å². The summed E-state index contributed by atoms with van der Waals surface area (Å²) >= 11 is 1.32. The number of aromatic nitrogens is 1. The monoisotopic (exact) mass is 311 g/mol. The molecule has 112 valence electrons. The van der Waals surface area contributed by atoms with E-state index in [1.54, 1.807) is 5.38 Å². The van der Waals surface area contributed by atoms with E-state index in [0.29, 0.717) is 5.01 Å². The van der Waals surface area contributed by atoms with Crippen LogP contribution in [0.25, 0.3) is 0 Å². The second kappa shape index (κ2) is 6.73. The van der Waals surface area contributed by atoms with Crippen LogP contribution in [-0.2, 0) is 6.54 Å². The number of carbonyl (C=O) groups is 1. The molecule has 0 aliphatic carbocycles. The molecule has 1 amide bonds. The van der Waals surface area contributed by atoms with Gasteiger partial charge in [-0.05, 0) is 12.5 Å². The topological polar surface area (TPSA) is 68.0 Å². The SMILES string of the molecule is CCC(N)c1nc(C(=O)NCc2ccc(F)cc2F)cs1. The molecule has 1 unspecified atom stereocenters. The highest BCUT2D eigenvalue weighted by Crippen LogP contribution is 2.18. The van der Waals surface area contributed by atoms with Gasteiger partial charge in [-0.15, -0.1) is 11.3 Å². The van der Waals surface area contributed by atoms with Gasteiger partial charge in [0.15, 0.2) is 0 Å². The molecular formula is C14H15F2N3OS. The minimum Gasteiger partial charge on any atom is -0.346 e. The van der Waals surface area contributed by atoms with Crippen molar-refractivity contribution < 1.29 is 13.6 Å². The van der Waals surface area contributed by atoms with Crippen molar-refractivity contribution in [3.63, 3.8) is 0 Å². The molecule has 1 atom stereocenters. The highest BCUT2D eigenvalue weighted by atomic mass is 32.1. The van der Waals surface area contributed by atoms with Gasteiger partial charge < -0.3 is 11.1 Å². The van der Waals surface area contributed by atoms with Crippen LogP contribution in [0.3, 0.4) is 0 Å². The van der Waals surface area contributed by atoms with Crippen molar-refractivity contribution >= 4 is 17.2 Å². The largest absolute Gasteiger partial charge is 0.346 e. The van der Waals surface area contributed by atoms with Gasteiger partial charge in [0.05, 0.1) is 6.04 Å². The molecule has 1 aromatic heterocycles. The van der Waals surface area contributed by atoms with Gasteiger partial charge in [0, 0.05) is 23.6 Å². The maximum atomic E-state index is 13.4. The summed E-state index contributed by atoms with van der Waals surface area (Å²) in [6, 6.07) is 3.03. The Hall–Kier alpha value is -1.86. The number of halogens is 2. The predicted molar refractivity (Wildman–Crippen MR) is 76.9 cm³/mol. The molecule has 4 nitrogen and oxygen atoms in total. The molecule has 3 N–H and O–H groups in total. The van der Waals surface area contributed by atoms with Crippen LogP contribution < -0.4 is 11.1 Å². The fourth-order valence-corrected chi connectivity index (χ4v) is 2.55. The Bertz CT molecular complexity index is 645. The van der Waals surface area contributed by atoms with Crippen LogP contribution in [0, 0.1) is 11.6 Å². The first-order valence-electron chi connectivity index (χ1n) is 6.44. The number of nitrogens with zero attached hydrogens (tertiary/aromatic N) is 1. The maximum absolute atomic E-state index is 13.4. The van der Waals surface area contributed by atoms with Gasteiger partial charge in [0.25, 0.3) is 5.91 Å². The Morgan fingerprint density at radius 1 is 1.48 bits per heavy atom. The summed E-state index contributed by atoms with van der Waals surface area (Å²) in [6.45, 7) is 1.90. The first-order chi connectivity index (χ1) is 10.0. The van der Waals surface area contributed by atoms with Gasteiger partial charge in [0.2, 0.25) is 0 Å². The summed E-state index contributed by atoms with van der Waals surface area (Å²) in [5, 5.41) is 4.85. The summed E-state index contributed by atoms with van der Waals surface area (Å²) in [6.07, 6.45) is 0.732. The molecule has 1 heterocycles. The Kier molecular flexibility index (Phi) is 4.98.